The summed E-state index contributed by atoms with van der Waals surface area (Å²) in [6.45, 7) is 0. The summed E-state index contributed by atoms with van der Waals surface area (Å²) in [6.07, 6.45) is 0. The number of carbonyl (C=O) groups is 1. The van der Waals surface area contributed by atoms with Crippen molar-refractivity contribution in [1.82, 2.24) is 4.98 Å². The van der Waals surface area contributed by atoms with Crippen LogP contribution in [0.3, 0.4) is 0 Å². The number of aromatic nitrogens is 1. The summed E-state index contributed by atoms with van der Waals surface area (Å²) in [4.78, 5) is 15.5. The van der Waals surface area contributed by atoms with Crippen molar-refractivity contribution < 1.29 is 4.79 Å². The second-order valence-electron chi connectivity index (χ2n) is 3.40. The summed E-state index contributed by atoms with van der Waals surface area (Å²) in [6, 6.07) is 6.93. The molecule has 0 bridgehead atoms. The lowest BCUT2D eigenvalue weighted by Gasteiger charge is -2.14. The Morgan fingerprint density at radius 1 is 1.53 bits per heavy atom. The van der Waals surface area contributed by atoms with Gasteiger partial charge in [0.05, 0.1) is 11.2 Å². The molecule has 0 fully saturated rings. The third kappa shape index (κ3) is 3.04. The zero-order valence-corrected chi connectivity index (χ0v) is 11.2. The standard InChI is InChI=1S/C11H10BrN3OS/c12-7-2-1-3-8(4-7)15-10(11(13)16)9-5-17-6-14-9/h1-6,10,15H,(H2,13,16). The van der Waals surface area contributed by atoms with Crippen LogP contribution in [0.5, 0.6) is 0 Å². The third-order valence-corrected chi connectivity index (χ3v) is 3.27. The van der Waals surface area contributed by atoms with E-state index < -0.39 is 11.9 Å². The fraction of sp³-hybridized carbons (Fsp3) is 0.0909. The lowest BCUT2D eigenvalue weighted by molar-refractivity contribution is -0.118. The first-order valence-electron chi connectivity index (χ1n) is 4.86. The van der Waals surface area contributed by atoms with Crippen LogP contribution >= 0.6 is 27.3 Å². The highest BCUT2D eigenvalue weighted by atomic mass is 79.9. The number of halogens is 1. The summed E-state index contributed by atoms with van der Waals surface area (Å²) in [5.74, 6) is -0.448. The largest absolute Gasteiger partial charge is 0.369 e. The minimum atomic E-state index is -0.601. The zero-order chi connectivity index (χ0) is 12.3. The van der Waals surface area contributed by atoms with Gasteiger partial charge in [0.25, 0.3) is 0 Å². The molecule has 1 atom stereocenters. The highest BCUT2D eigenvalue weighted by Crippen LogP contribution is 2.22. The molecule has 0 aliphatic carbocycles. The number of thiazole rings is 1. The van der Waals surface area contributed by atoms with Gasteiger partial charge in [-0.1, -0.05) is 22.0 Å². The SMILES string of the molecule is NC(=O)C(Nc1cccc(Br)c1)c1cscn1. The van der Waals surface area contributed by atoms with Crippen molar-refractivity contribution in [1.29, 1.82) is 0 Å². The van der Waals surface area contributed by atoms with Crippen molar-refractivity contribution in [3.63, 3.8) is 0 Å². The summed E-state index contributed by atoms with van der Waals surface area (Å²) in [5.41, 5.74) is 8.50. The average molecular weight is 312 g/mol. The highest BCUT2D eigenvalue weighted by molar-refractivity contribution is 9.10. The summed E-state index contributed by atoms with van der Waals surface area (Å²) in [7, 11) is 0. The van der Waals surface area contributed by atoms with Crippen LogP contribution in [0, 0.1) is 0 Å². The van der Waals surface area contributed by atoms with Gasteiger partial charge in [0, 0.05) is 15.5 Å². The second kappa shape index (κ2) is 5.29. The molecule has 1 unspecified atom stereocenters. The predicted molar refractivity (Wildman–Crippen MR) is 71.8 cm³/mol. The molecule has 88 valence electrons. The fourth-order valence-corrected chi connectivity index (χ4v) is 2.38. The van der Waals surface area contributed by atoms with Gasteiger partial charge in [-0.15, -0.1) is 11.3 Å². The Balaban J connectivity index is 2.22. The van der Waals surface area contributed by atoms with Gasteiger partial charge in [-0.25, -0.2) is 4.98 Å². The van der Waals surface area contributed by atoms with E-state index in [9.17, 15) is 4.79 Å². The average Bonchev–Trinajstić information content (AvgIpc) is 2.78. The molecule has 0 aliphatic rings. The first-order valence-corrected chi connectivity index (χ1v) is 6.60. The molecule has 4 nitrogen and oxygen atoms in total. The number of nitrogens with two attached hydrogens (primary N) is 1. The van der Waals surface area contributed by atoms with Crippen LogP contribution in [0.1, 0.15) is 11.7 Å². The molecule has 6 heteroatoms. The van der Waals surface area contributed by atoms with Crippen molar-refractivity contribution in [2.24, 2.45) is 5.73 Å². The van der Waals surface area contributed by atoms with Gasteiger partial charge < -0.3 is 11.1 Å². The van der Waals surface area contributed by atoms with Gasteiger partial charge in [0.2, 0.25) is 5.91 Å². The summed E-state index contributed by atoms with van der Waals surface area (Å²) < 4.78 is 0.934. The molecular weight excluding hydrogens is 302 g/mol. The van der Waals surface area contributed by atoms with Gasteiger partial charge in [-0.2, -0.15) is 0 Å². The minimum absolute atomic E-state index is 0.448. The Hall–Kier alpha value is -1.40. The third-order valence-electron chi connectivity index (χ3n) is 2.17. The van der Waals surface area contributed by atoms with Crippen molar-refractivity contribution in [3.05, 3.63) is 45.3 Å². The van der Waals surface area contributed by atoms with Crippen molar-refractivity contribution in [2.75, 3.05) is 5.32 Å². The molecule has 0 saturated carbocycles. The normalized spacial score (nSPS) is 12.1. The van der Waals surface area contributed by atoms with Crippen LogP contribution in [0.2, 0.25) is 0 Å². The number of nitrogens with zero attached hydrogens (tertiary/aromatic N) is 1. The predicted octanol–water partition coefficient (Wildman–Crippen LogP) is 2.54. The number of nitrogens with one attached hydrogen (secondary N) is 1. The molecule has 0 saturated heterocycles. The van der Waals surface area contributed by atoms with E-state index in [1.165, 1.54) is 11.3 Å². The molecule has 1 aromatic heterocycles. The Morgan fingerprint density at radius 3 is 2.94 bits per heavy atom. The maximum Gasteiger partial charge on any atom is 0.246 e. The van der Waals surface area contributed by atoms with Gasteiger partial charge in [0.1, 0.15) is 6.04 Å². The van der Waals surface area contributed by atoms with Crippen LogP contribution in [0.15, 0.2) is 39.6 Å². The molecule has 1 heterocycles. The number of anilines is 1. The Kier molecular flexibility index (Phi) is 3.75. The Labute approximate surface area is 111 Å². The van der Waals surface area contributed by atoms with E-state index in [0.29, 0.717) is 5.69 Å². The topological polar surface area (TPSA) is 68.0 Å². The lowest BCUT2D eigenvalue weighted by Crippen LogP contribution is -2.27. The van der Waals surface area contributed by atoms with E-state index in [4.69, 9.17) is 5.73 Å². The first-order chi connectivity index (χ1) is 8.16. The smallest absolute Gasteiger partial charge is 0.246 e. The zero-order valence-electron chi connectivity index (χ0n) is 8.76. The minimum Gasteiger partial charge on any atom is -0.369 e. The van der Waals surface area contributed by atoms with Crippen molar-refractivity contribution in [3.8, 4) is 0 Å². The summed E-state index contributed by atoms with van der Waals surface area (Å²) in [5, 5.41) is 4.87. The summed E-state index contributed by atoms with van der Waals surface area (Å²) >= 11 is 4.80. The number of hydrogen-bond acceptors (Lipinski definition) is 4. The number of primary amides is 1. The van der Waals surface area contributed by atoms with Crippen molar-refractivity contribution in [2.45, 2.75) is 6.04 Å². The maximum absolute atomic E-state index is 11.4. The number of benzene rings is 1. The maximum atomic E-state index is 11.4. The molecule has 0 radical (unpaired) electrons. The van der Waals surface area contributed by atoms with E-state index in [2.05, 4.69) is 26.2 Å². The van der Waals surface area contributed by atoms with Crippen LogP contribution in [-0.4, -0.2) is 10.9 Å². The quantitative estimate of drug-likeness (QED) is 0.911. The first kappa shape index (κ1) is 12.1. The fourth-order valence-electron chi connectivity index (χ4n) is 1.40. The Bertz CT molecular complexity index is 515. The number of rotatable bonds is 4. The molecule has 2 rings (SSSR count). The highest BCUT2D eigenvalue weighted by Gasteiger charge is 2.19. The Morgan fingerprint density at radius 2 is 2.35 bits per heavy atom. The molecule has 3 N–H and O–H groups in total. The molecular formula is C11H10BrN3OS. The number of amides is 1. The van der Waals surface area contributed by atoms with E-state index in [0.717, 1.165) is 10.2 Å². The van der Waals surface area contributed by atoms with Crippen LogP contribution < -0.4 is 11.1 Å². The van der Waals surface area contributed by atoms with E-state index >= 15 is 0 Å². The van der Waals surface area contributed by atoms with Crippen LogP contribution in [-0.2, 0) is 4.79 Å². The molecule has 0 spiro atoms. The van der Waals surface area contributed by atoms with Gasteiger partial charge >= 0.3 is 0 Å². The molecule has 2 aromatic rings. The van der Waals surface area contributed by atoms with Gasteiger partial charge in [-0.05, 0) is 18.2 Å². The molecule has 1 aromatic carbocycles. The molecule has 17 heavy (non-hydrogen) atoms. The lowest BCUT2D eigenvalue weighted by atomic mass is 10.2. The van der Waals surface area contributed by atoms with E-state index in [1.54, 1.807) is 10.9 Å². The molecule has 0 aliphatic heterocycles. The van der Waals surface area contributed by atoms with E-state index in [1.807, 2.05) is 24.3 Å². The van der Waals surface area contributed by atoms with E-state index in [-0.39, 0.29) is 0 Å². The van der Waals surface area contributed by atoms with Gasteiger partial charge in [-0.3, -0.25) is 4.79 Å². The monoisotopic (exact) mass is 311 g/mol. The van der Waals surface area contributed by atoms with Crippen molar-refractivity contribution >= 4 is 38.9 Å². The molecule has 1 amide bonds. The van der Waals surface area contributed by atoms with Gasteiger partial charge in [0.15, 0.2) is 0 Å². The number of carbonyl (C=O) groups excluding carboxylic acids is 1. The van der Waals surface area contributed by atoms with Crippen LogP contribution in [0.4, 0.5) is 5.69 Å². The van der Waals surface area contributed by atoms with Crippen LogP contribution in [0.25, 0.3) is 0 Å². The number of hydrogen-bond donors (Lipinski definition) is 2. The second-order valence-corrected chi connectivity index (χ2v) is 5.04.